The fourth-order valence-corrected chi connectivity index (χ4v) is 6.44. The fourth-order valence-electron chi connectivity index (χ4n) is 6.44. The SMILES string of the molecule is CCCC1CC(NCCC2(c3ccccn3)CCOC3(CCCC3)C2)c2ccnn21. The van der Waals surface area contributed by atoms with E-state index in [0.717, 1.165) is 32.4 Å². The van der Waals surface area contributed by atoms with Crippen molar-refractivity contribution in [3.8, 4) is 0 Å². The summed E-state index contributed by atoms with van der Waals surface area (Å²) in [5.74, 6) is 0. The van der Waals surface area contributed by atoms with E-state index >= 15 is 0 Å². The van der Waals surface area contributed by atoms with E-state index in [1.54, 1.807) is 0 Å². The molecule has 1 saturated heterocycles. The first-order chi connectivity index (χ1) is 14.7. The first-order valence-corrected chi connectivity index (χ1v) is 12.1. The average Bonchev–Trinajstić information content (AvgIpc) is 3.49. The molecule has 0 bridgehead atoms. The lowest BCUT2D eigenvalue weighted by atomic mass is 9.68. The summed E-state index contributed by atoms with van der Waals surface area (Å²) in [4.78, 5) is 4.85. The molecule has 1 N–H and O–H groups in total. The molecule has 5 nitrogen and oxygen atoms in total. The fraction of sp³-hybridized carbons (Fsp3) is 0.680. The Morgan fingerprint density at radius 3 is 2.87 bits per heavy atom. The van der Waals surface area contributed by atoms with Crippen molar-refractivity contribution < 1.29 is 4.74 Å². The van der Waals surface area contributed by atoms with Crippen LogP contribution in [-0.4, -0.2) is 33.5 Å². The molecule has 2 aromatic heterocycles. The summed E-state index contributed by atoms with van der Waals surface area (Å²) in [7, 11) is 0. The van der Waals surface area contributed by atoms with E-state index in [1.165, 1.54) is 56.3 Å². The summed E-state index contributed by atoms with van der Waals surface area (Å²) in [6, 6.07) is 9.60. The molecule has 0 amide bonds. The zero-order valence-electron chi connectivity index (χ0n) is 18.4. The van der Waals surface area contributed by atoms with Gasteiger partial charge >= 0.3 is 0 Å². The maximum Gasteiger partial charge on any atom is 0.0691 e. The van der Waals surface area contributed by atoms with Gasteiger partial charge in [0, 0.05) is 30.1 Å². The quantitative estimate of drug-likeness (QED) is 0.692. The van der Waals surface area contributed by atoms with E-state index in [-0.39, 0.29) is 11.0 Å². The van der Waals surface area contributed by atoms with Crippen LogP contribution in [-0.2, 0) is 10.2 Å². The maximum absolute atomic E-state index is 6.40. The number of nitrogens with one attached hydrogen (secondary N) is 1. The van der Waals surface area contributed by atoms with Gasteiger partial charge < -0.3 is 10.1 Å². The number of nitrogens with zero attached hydrogens (tertiary/aromatic N) is 3. The molecule has 0 aromatic carbocycles. The molecule has 5 heteroatoms. The highest BCUT2D eigenvalue weighted by Gasteiger charge is 2.48. The van der Waals surface area contributed by atoms with Crippen LogP contribution in [0.1, 0.15) is 94.6 Å². The molecule has 30 heavy (non-hydrogen) atoms. The summed E-state index contributed by atoms with van der Waals surface area (Å²) in [6.07, 6.45) is 15.9. The standard InChI is InChI=1S/C25H36N4O/c1-2-7-20-18-21(22-9-15-28-29(20)22)26-16-12-24(23-8-3-6-14-27-23)13-17-30-25(19-24)10-4-5-11-25/h3,6,8-9,14-15,20-21,26H,2,4-5,7,10-13,16-19H2,1H3. The van der Waals surface area contributed by atoms with Crippen LogP contribution in [0, 0.1) is 0 Å². The molecule has 1 spiro atoms. The summed E-state index contributed by atoms with van der Waals surface area (Å²) >= 11 is 0. The van der Waals surface area contributed by atoms with E-state index in [2.05, 4.69) is 40.2 Å². The zero-order valence-corrected chi connectivity index (χ0v) is 18.4. The summed E-state index contributed by atoms with van der Waals surface area (Å²) < 4.78 is 8.66. The average molecular weight is 409 g/mol. The first-order valence-electron chi connectivity index (χ1n) is 12.1. The molecule has 4 heterocycles. The second-order valence-corrected chi connectivity index (χ2v) is 9.80. The van der Waals surface area contributed by atoms with Crippen LogP contribution in [0.2, 0.25) is 0 Å². The van der Waals surface area contributed by atoms with Gasteiger partial charge in [-0.3, -0.25) is 9.67 Å². The van der Waals surface area contributed by atoms with Gasteiger partial charge in [0.1, 0.15) is 0 Å². The van der Waals surface area contributed by atoms with Gasteiger partial charge in [-0.15, -0.1) is 0 Å². The normalized spacial score (nSPS) is 30.0. The van der Waals surface area contributed by atoms with Crippen molar-refractivity contribution in [3.63, 3.8) is 0 Å². The van der Waals surface area contributed by atoms with Gasteiger partial charge in [0.15, 0.2) is 0 Å². The van der Waals surface area contributed by atoms with Crippen molar-refractivity contribution in [2.24, 2.45) is 0 Å². The highest BCUT2D eigenvalue weighted by Crippen LogP contribution is 2.49. The minimum atomic E-state index is 0.0912. The molecule has 3 atom stereocenters. The second kappa shape index (κ2) is 8.43. The van der Waals surface area contributed by atoms with E-state index < -0.39 is 0 Å². The van der Waals surface area contributed by atoms with Gasteiger partial charge in [-0.1, -0.05) is 32.3 Å². The minimum absolute atomic E-state index is 0.0912. The molecule has 3 aliphatic rings. The smallest absolute Gasteiger partial charge is 0.0691 e. The van der Waals surface area contributed by atoms with E-state index in [1.807, 2.05) is 18.5 Å². The molecule has 2 aromatic rings. The van der Waals surface area contributed by atoms with Gasteiger partial charge in [0.25, 0.3) is 0 Å². The van der Waals surface area contributed by atoms with Crippen molar-refractivity contribution in [1.82, 2.24) is 20.1 Å². The molecule has 2 fully saturated rings. The van der Waals surface area contributed by atoms with Crippen molar-refractivity contribution in [2.75, 3.05) is 13.2 Å². The summed E-state index contributed by atoms with van der Waals surface area (Å²) in [5, 5.41) is 8.51. The molecule has 2 aliphatic heterocycles. The highest BCUT2D eigenvalue weighted by molar-refractivity contribution is 5.21. The molecule has 1 aliphatic carbocycles. The van der Waals surface area contributed by atoms with Gasteiger partial charge in [-0.05, 0) is 69.7 Å². The number of hydrogen-bond donors (Lipinski definition) is 1. The third kappa shape index (κ3) is 3.71. The molecule has 5 rings (SSSR count). The largest absolute Gasteiger partial charge is 0.375 e. The molecular formula is C25H36N4O. The highest BCUT2D eigenvalue weighted by atomic mass is 16.5. The Bertz CT molecular complexity index is 829. The second-order valence-electron chi connectivity index (χ2n) is 9.80. The van der Waals surface area contributed by atoms with Crippen molar-refractivity contribution in [3.05, 3.63) is 48.0 Å². The molecule has 0 radical (unpaired) electrons. The Kier molecular flexibility index (Phi) is 5.67. The molecular weight excluding hydrogens is 372 g/mol. The van der Waals surface area contributed by atoms with Crippen LogP contribution < -0.4 is 5.32 Å². The summed E-state index contributed by atoms with van der Waals surface area (Å²) in [5.41, 5.74) is 2.84. The van der Waals surface area contributed by atoms with Crippen LogP contribution in [0.25, 0.3) is 0 Å². The third-order valence-corrected chi connectivity index (χ3v) is 7.90. The van der Waals surface area contributed by atoms with Crippen LogP contribution in [0.15, 0.2) is 36.7 Å². The minimum Gasteiger partial charge on any atom is -0.375 e. The number of ether oxygens (including phenoxy) is 1. The lowest BCUT2D eigenvalue weighted by molar-refractivity contribution is -0.104. The first kappa shape index (κ1) is 20.2. The van der Waals surface area contributed by atoms with E-state index in [9.17, 15) is 0 Å². The Morgan fingerprint density at radius 1 is 1.17 bits per heavy atom. The summed E-state index contributed by atoms with van der Waals surface area (Å²) in [6.45, 7) is 4.15. The Morgan fingerprint density at radius 2 is 2.07 bits per heavy atom. The third-order valence-electron chi connectivity index (χ3n) is 7.90. The Labute approximate surface area is 180 Å². The topological polar surface area (TPSA) is 52.0 Å². The van der Waals surface area contributed by atoms with Crippen molar-refractivity contribution in [2.45, 2.75) is 94.2 Å². The van der Waals surface area contributed by atoms with Crippen LogP contribution in [0.3, 0.4) is 0 Å². The lowest BCUT2D eigenvalue weighted by Gasteiger charge is -2.46. The number of aromatic nitrogens is 3. The Hall–Kier alpha value is -1.72. The van der Waals surface area contributed by atoms with Crippen molar-refractivity contribution in [1.29, 1.82) is 0 Å². The van der Waals surface area contributed by atoms with Crippen LogP contribution in [0.5, 0.6) is 0 Å². The van der Waals surface area contributed by atoms with E-state index in [4.69, 9.17) is 9.72 Å². The predicted molar refractivity (Wildman–Crippen MR) is 118 cm³/mol. The monoisotopic (exact) mass is 408 g/mol. The van der Waals surface area contributed by atoms with Crippen LogP contribution >= 0.6 is 0 Å². The number of pyridine rings is 1. The van der Waals surface area contributed by atoms with Gasteiger partial charge in [0.05, 0.1) is 23.4 Å². The predicted octanol–water partition coefficient (Wildman–Crippen LogP) is 5.11. The number of hydrogen-bond acceptors (Lipinski definition) is 4. The van der Waals surface area contributed by atoms with Gasteiger partial charge in [0.2, 0.25) is 0 Å². The van der Waals surface area contributed by atoms with Gasteiger partial charge in [-0.2, -0.15) is 5.10 Å². The molecule has 1 saturated carbocycles. The lowest BCUT2D eigenvalue weighted by Crippen LogP contribution is -2.47. The van der Waals surface area contributed by atoms with E-state index in [0.29, 0.717) is 12.1 Å². The van der Waals surface area contributed by atoms with Gasteiger partial charge in [-0.25, -0.2) is 0 Å². The zero-order chi connectivity index (χ0) is 20.4. The molecule has 162 valence electrons. The van der Waals surface area contributed by atoms with Crippen LogP contribution in [0.4, 0.5) is 0 Å². The molecule has 3 unspecified atom stereocenters. The maximum atomic E-state index is 6.40. The van der Waals surface area contributed by atoms with Crippen molar-refractivity contribution >= 4 is 0 Å². The Balaban J connectivity index is 1.31. The number of fused-ring (bicyclic) bond motifs is 1. The number of rotatable bonds is 7.